The Bertz CT molecular complexity index is 666. The lowest BCUT2D eigenvalue weighted by Gasteiger charge is -2.24. The maximum absolute atomic E-state index is 13.8. The van der Waals surface area contributed by atoms with Gasteiger partial charge in [-0.3, -0.25) is 9.78 Å². The van der Waals surface area contributed by atoms with E-state index in [9.17, 15) is 13.6 Å². The highest BCUT2D eigenvalue weighted by molar-refractivity contribution is 8.00. The van der Waals surface area contributed by atoms with Gasteiger partial charge in [0.15, 0.2) is 11.6 Å². The highest BCUT2D eigenvalue weighted by atomic mass is 32.2. The molecule has 1 amide bonds. The first-order valence-corrected chi connectivity index (χ1v) is 7.45. The fourth-order valence-electron chi connectivity index (χ4n) is 2.28. The minimum atomic E-state index is -0.896. The van der Waals surface area contributed by atoms with Gasteiger partial charge in [-0.15, -0.1) is 11.8 Å². The molecule has 2 heterocycles. The summed E-state index contributed by atoms with van der Waals surface area (Å²) < 4.78 is 27.1. The Kier molecular flexibility index (Phi) is 3.88. The van der Waals surface area contributed by atoms with Crippen LogP contribution in [0.4, 0.5) is 8.78 Å². The smallest absolute Gasteiger partial charge is 0.234 e. The molecule has 1 unspecified atom stereocenters. The van der Waals surface area contributed by atoms with Crippen molar-refractivity contribution in [3.63, 3.8) is 0 Å². The SMILES string of the molecule is O=C1CSC(c2ccncc2)N1Cc1cccc(F)c1F. The van der Waals surface area contributed by atoms with Gasteiger partial charge < -0.3 is 4.90 Å². The van der Waals surface area contributed by atoms with Crippen molar-refractivity contribution in [2.45, 2.75) is 11.9 Å². The molecule has 21 heavy (non-hydrogen) atoms. The van der Waals surface area contributed by atoms with E-state index in [1.807, 2.05) is 12.1 Å². The Morgan fingerprint density at radius 2 is 2.00 bits per heavy atom. The summed E-state index contributed by atoms with van der Waals surface area (Å²) in [6, 6.07) is 7.66. The molecule has 0 spiro atoms. The highest BCUT2D eigenvalue weighted by Gasteiger charge is 2.33. The predicted octanol–water partition coefficient (Wildman–Crippen LogP) is 3.13. The Hall–Kier alpha value is -1.95. The Morgan fingerprint density at radius 3 is 2.76 bits per heavy atom. The number of carbonyl (C=O) groups excluding carboxylic acids is 1. The number of pyridine rings is 1. The lowest BCUT2D eigenvalue weighted by Crippen LogP contribution is -2.28. The summed E-state index contributed by atoms with van der Waals surface area (Å²) in [6.07, 6.45) is 3.30. The third-order valence-electron chi connectivity index (χ3n) is 3.33. The topological polar surface area (TPSA) is 33.2 Å². The van der Waals surface area contributed by atoms with Crippen molar-refractivity contribution in [2.75, 3.05) is 5.75 Å². The average Bonchev–Trinajstić information content (AvgIpc) is 2.86. The van der Waals surface area contributed by atoms with Crippen LogP contribution in [0.5, 0.6) is 0 Å². The van der Waals surface area contributed by atoms with Crippen LogP contribution in [0.15, 0.2) is 42.7 Å². The summed E-state index contributed by atoms with van der Waals surface area (Å²) >= 11 is 1.47. The first-order chi connectivity index (χ1) is 10.2. The van der Waals surface area contributed by atoms with Crippen molar-refractivity contribution in [3.8, 4) is 0 Å². The van der Waals surface area contributed by atoms with Crippen LogP contribution in [-0.2, 0) is 11.3 Å². The van der Waals surface area contributed by atoms with Crippen molar-refractivity contribution in [3.05, 3.63) is 65.5 Å². The standard InChI is InChI=1S/C15H12F2N2OS/c16-12-3-1-2-11(14(12)17)8-19-13(20)9-21-15(19)10-4-6-18-7-5-10/h1-7,15H,8-9H2. The third kappa shape index (κ3) is 2.76. The molecule has 1 aromatic carbocycles. The zero-order valence-corrected chi connectivity index (χ0v) is 11.8. The monoisotopic (exact) mass is 306 g/mol. The van der Waals surface area contributed by atoms with E-state index in [-0.39, 0.29) is 23.4 Å². The minimum absolute atomic E-state index is 0.0580. The average molecular weight is 306 g/mol. The predicted molar refractivity (Wildman–Crippen MR) is 76.3 cm³/mol. The van der Waals surface area contributed by atoms with Gasteiger partial charge in [0.25, 0.3) is 0 Å². The number of amides is 1. The fourth-order valence-corrected chi connectivity index (χ4v) is 3.47. The quantitative estimate of drug-likeness (QED) is 0.873. The number of carbonyl (C=O) groups is 1. The fraction of sp³-hybridized carbons (Fsp3) is 0.200. The number of thioether (sulfide) groups is 1. The summed E-state index contributed by atoms with van der Waals surface area (Å²) in [5, 5.41) is -0.192. The van der Waals surface area contributed by atoms with E-state index in [1.165, 1.54) is 23.9 Å². The van der Waals surface area contributed by atoms with Crippen LogP contribution in [0.3, 0.4) is 0 Å². The summed E-state index contributed by atoms with van der Waals surface area (Å²) in [4.78, 5) is 17.5. The zero-order valence-electron chi connectivity index (χ0n) is 11.0. The van der Waals surface area contributed by atoms with Gasteiger partial charge in [-0.2, -0.15) is 0 Å². The number of aromatic nitrogens is 1. The Labute approximate surface area is 125 Å². The largest absolute Gasteiger partial charge is 0.321 e. The van der Waals surface area contributed by atoms with Gasteiger partial charge in [-0.05, 0) is 23.8 Å². The molecule has 6 heteroatoms. The number of hydrogen-bond acceptors (Lipinski definition) is 3. The normalized spacial score (nSPS) is 18.3. The molecule has 0 aliphatic carbocycles. The number of benzene rings is 1. The van der Waals surface area contributed by atoms with Crippen molar-refractivity contribution < 1.29 is 13.6 Å². The molecular formula is C15H12F2N2OS. The van der Waals surface area contributed by atoms with E-state index < -0.39 is 11.6 Å². The molecule has 3 rings (SSSR count). The molecule has 1 fully saturated rings. The van der Waals surface area contributed by atoms with E-state index in [4.69, 9.17) is 0 Å². The maximum atomic E-state index is 13.8. The van der Waals surface area contributed by atoms with Crippen LogP contribution < -0.4 is 0 Å². The number of hydrogen-bond donors (Lipinski definition) is 0. The number of nitrogens with zero attached hydrogens (tertiary/aromatic N) is 2. The van der Waals surface area contributed by atoms with Crippen molar-refractivity contribution in [1.29, 1.82) is 0 Å². The van der Waals surface area contributed by atoms with Crippen LogP contribution in [0.1, 0.15) is 16.5 Å². The van der Waals surface area contributed by atoms with Gasteiger partial charge in [0.05, 0.1) is 12.3 Å². The van der Waals surface area contributed by atoms with Crippen LogP contribution >= 0.6 is 11.8 Å². The molecule has 1 aromatic heterocycles. The molecule has 0 N–H and O–H groups in total. The van der Waals surface area contributed by atoms with Crippen LogP contribution in [0.25, 0.3) is 0 Å². The van der Waals surface area contributed by atoms with E-state index in [0.717, 1.165) is 11.6 Å². The van der Waals surface area contributed by atoms with E-state index in [2.05, 4.69) is 4.98 Å². The Balaban J connectivity index is 1.88. The molecule has 2 aromatic rings. The molecular weight excluding hydrogens is 294 g/mol. The van der Waals surface area contributed by atoms with Gasteiger partial charge in [0.2, 0.25) is 5.91 Å². The lowest BCUT2D eigenvalue weighted by atomic mass is 10.1. The van der Waals surface area contributed by atoms with E-state index in [1.54, 1.807) is 17.3 Å². The molecule has 1 saturated heterocycles. The second-order valence-electron chi connectivity index (χ2n) is 4.68. The van der Waals surface area contributed by atoms with Crippen LogP contribution in [0.2, 0.25) is 0 Å². The van der Waals surface area contributed by atoms with Gasteiger partial charge in [0, 0.05) is 18.0 Å². The first-order valence-electron chi connectivity index (χ1n) is 6.40. The van der Waals surface area contributed by atoms with Crippen LogP contribution in [0, 0.1) is 11.6 Å². The minimum Gasteiger partial charge on any atom is -0.321 e. The van der Waals surface area contributed by atoms with Gasteiger partial charge >= 0.3 is 0 Å². The summed E-state index contributed by atoms with van der Waals surface area (Å²) in [7, 11) is 0. The molecule has 108 valence electrons. The summed E-state index contributed by atoms with van der Waals surface area (Å²) in [6.45, 7) is 0.0580. The van der Waals surface area contributed by atoms with Crippen molar-refractivity contribution >= 4 is 17.7 Å². The molecule has 3 nitrogen and oxygen atoms in total. The molecule has 0 radical (unpaired) electrons. The van der Waals surface area contributed by atoms with E-state index >= 15 is 0 Å². The second-order valence-corrected chi connectivity index (χ2v) is 5.75. The van der Waals surface area contributed by atoms with Crippen molar-refractivity contribution in [2.24, 2.45) is 0 Å². The van der Waals surface area contributed by atoms with Crippen LogP contribution in [-0.4, -0.2) is 21.5 Å². The van der Waals surface area contributed by atoms with Gasteiger partial charge in [-0.1, -0.05) is 12.1 Å². The molecule has 1 aliphatic heterocycles. The zero-order chi connectivity index (χ0) is 14.8. The second kappa shape index (κ2) is 5.81. The molecule has 1 aliphatic rings. The summed E-state index contributed by atoms with van der Waals surface area (Å²) in [5.74, 6) is -1.53. The molecule has 0 saturated carbocycles. The molecule has 0 bridgehead atoms. The number of rotatable bonds is 3. The molecule has 1 atom stereocenters. The summed E-state index contributed by atoms with van der Waals surface area (Å²) in [5.41, 5.74) is 1.11. The van der Waals surface area contributed by atoms with Gasteiger partial charge in [0.1, 0.15) is 5.37 Å². The van der Waals surface area contributed by atoms with Crippen molar-refractivity contribution in [1.82, 2.24) is 9.88 Å². The van der Waals surface area contributed by atoms with E-state index in [0.29, 0.717) is 5.75 Å². The Morgan fingerprint density at radius 1 is 1.24 bits per heavy atom. The lowest BCUT2D eigenvalue weighted by molar-refractivity contribution is -0.128. The third-order valence-corrected chi connectivity index (χ3v) is 4.59. The van der Waals surface area contributed by atoms with Gasteiger partial charge in [-0.25, -0.2) is 8.78 Å². The highest BCUT2D eigenvalue weighted by Crippen LogP contribution is 2.39. The first kappa shape index (κ1) is 14.0. The number of halogens is 2. The maximum Gasteiger partial charge on any atom is 0.234 e.